The second-order valence-electron chi connectivity index (χ2n) is 9.38. The molecular weight excluding hydrogens is 633 g/mol. The van der Waals surface area contributed by atoms with Gasteiger partial charge >= 0.3 is 5.82 Å². The van der Waals surface area contributed by atoms with Crippen molar-refractivity contribution in [3.8, 4) is 45.2 Å². The molecule has 0 fully saturated rings. The van der Waals surface area contributed by atoms with Gasteiger partial charge in [0, 0.05) is 17.2 Å². The van der Waals surface area contributed by atoms with Gasteiger partial charge in [0.2, 0.25) is 0 Å². The van der Waals surface area contributed by atoms with E-state index in [1.54, 1.807) is 47.2 Å². The van der Waals surface area contributed by atoms with E-state index in [2.05, 4.69) is 4.98 Å². The second kappa shape index (κ2) is 11.5. The van der Waals surface area contributed by atoms with Crippen LogP contribution in [0.5, 0.6) is 5.75 Å². The Bertz CT molecular complexity index is 2110. The van der Waals surface area contributed by atoms with Crippen molar-refractivity contribution < 1.29 is 48.2 Å². The molecule has 3 aromatic carbocycles. The van der Waals surface area contributed by atoms with Crippen LogP contribution in [0.3, 0.4) is 0 Å². The third-order valence-electron chi connectivity index (χ3n) is 6.62. The van der Waals surface area contributed by atoms with Gasteiger partial charge in [0.15, 0.2) is 0 Å². The number of aromatic nitrogens is 2. The van der Waals surface area contributed by atoms with Crippen molar-refractivity contribution in [1.82, 2.24) is 4.98 Å². The summed E-state index contributed by atoms with van der Waals surface area (Å²) in [6, 6.07) is 23.4. The first-order valence-electron chi connectivity index (χ1n) is 12.5. The zero-order valence-electron chi connectivity index (χ0n) is 22.6. The molecule has 0 amide bonds. The number of methoxy groups -OCH3 is 1. The molecule has 0 atom stereocenters. The van der Waals surface area contributed by atoms with E-state index < -0.39 is 35.2 Å². The Morgan fingerprint density at radius 2 is 1.09 bits per heavy atom. The number of nitrogens with zero attached hydrogens (tertiary/aromatic N) is 2. The molecule has 226 valence electrons. The summed E-state index contributed by atoms with van der Waals surface area (Å²) >= 11 is 0. The number of rotatable bonds is 8. The first-order valence-corrected chi connectivity index (χ1v) is 16.8. The van der Waals surface area contributed by atoms with Crippen LogP contribution in [0.15, 0.2) is 118 Å². The minimum atomic E-state index is -4.69. The summed E-state index contributed by atoms with van der Waals surface area (Å²) in [7, 11) is -12.4. The molecule has 0 saturated heterocycles. The summed E-state index contributed by atoms with van der Waals surface area (Å²) < 4.78 is 107. The van der Waals surface area contributed by atoms with E-state index in [1.165, 1.54) is 67.8 Å². The first-order chi connectivity index (χ1) is 20.7. The summed E-state index contributed by atoms with van der Waals surface area (Å²) in [6.45, 7) is 0. The monoisotopic (exact) mass is 655 g/mol. The predicted molar refractivity (Wildman–Crippen MR) is 158 cm³/mol. The number of pyridine rings is 2. The standard InChI is InChI=1S/C29H22N2O10S3/c1-41-27-14-9-21(18-28(27)44(38,39)40)22-16-25(19-5-10-23(11-6-19)42(32,33)34)31(29-4-2-3-15-30-29)26(17-22)20-7-12-24(13-8-20)43(35,36)37/h2-18H,1H3,(H2-,32,33,34,35,36,37,38,39,40)/p+1. The van der Waals surface area contributed by atoms with Crippen LogP contribution in [0, 0.1) is 0 Å². The highest BCUT2D eigenvalue weighted by Gasteiger charge is 2.25. The Labute approximate surface area is 253 Å². The summed E-state index contributed by atoms with van der Waals surface area (Å²) in [4.78, 5) is 3.32. The number of hydrogen-bond donors (Lipinski definition) is 3. The molecule has 0 radical (unpaired) electrons. The van der Waals surface area contributed by atoms with E-state index in [4.69, 9.17) is 4.74 Å². The van der Waals surface area contributed by atoms with Crippen LogP contribution in [-0.2, 0) is 30.4 Å². The summed E-state index contributed by atoms with van der Waals surface area (Å²) in [5, 5.41) is 0. The van der Waals surface area contributed by atoms with Crippen LogP contribution in [0.2, 0.25) is 0 Å². The minimum absolute atomic E-state index is 0.0854. The fourth-order valence-corrected chi connectivity index (χ4v) is 6.21. The molecule has 5 rings (SSSR count). The quantitative estimate of drug-likeness (QED) is 0.161. The van der Waals surface area contributed by atoms with Crippen LogP contribution in [0.1, 0.15) is 0 Å². The maximum absolute atomic E-state index is 12.2. The fraction of sp³-hybridized carbons (Fsp3) is 0.0345. The average molecular weight is 656 g/mol. The summed E-state index contributed by atoms with van der Waals surface area (Å²) in [5.74, 6) is 0.327. The van der Waals surface area contributed by atoms with Gasteiger partial charge < -0.3 is 4.74 Å². The maximum Gasteiger partial charge on any atom is 0.328 e. The lowest BCUT2D eigenvalue weighted by Gasteiger charge is -2.16. The van der Waals surface area contributed by atoms with Gasteiger partial charge in [-0.1, -0.05) is 12.1 Å². The highest BCUT2D eigenvalue weighted by atomic mass is 32.2. The largest absolute Gasteiger partial charge is 0.495 e. The average Bonchev–Trinajstić information content (AvgIpc) is 2.99. The van der Waals surface area contributed by atoms with Crippen LogP contribution < -0.4 is 9.30 Å². The van der Waals surface area contributed by atoms with Crippen molar-refractivity contribution in [1.29, 1.82) is 0 Å². The lowest BCUT2D eigenvalue weighted by molar-refractivity contribution is -0.576. The lowest BCUT2D eigenvalue weighted by atomic mass is 9.98. The molecule has 0 saturated carbocycles. The number of hydrogen-bond acceptors (Lipinski definition) is 8. The van der Waals surface area contributed by atoms with Gasteiger partial charge in [-0.2, -0.15) is 29.8 Å². The molecule has 0 aliphatic carbocycles. The zero-order chi connectivity index (χ0) is 31.9. The predicted octanol–water partition coefficient (Wildman–Crippen LogP) is 4.11. The van der Waals surface area contributed by atoms with Gasteiger partial charge in [0.05, 0.1) is 16.9 Å². The molecule has 0 bridgehead atoms. The van der Waals surface area contributed by atoms with Crippen molar-refractivity contribution >= 4 is 30.4 Å². The van der Waals surface area contributed by atoms with Gasteiger partial charge in [0.1, 0.15) is 28.2 Å². The van der Waals surface area contributed by atoms with E-state index in [-0.39, 0.29) is 15.5 Å². The van der Waals surface area contributed by atoms with Gasteiger partial charge in [0.25, 0.3) is 30.4 Å². The second-order valence-corrected chi connectivity index (χ2v) is 13.6. The maximum atomic E-state index is 12.2. The fourth-order valence-electron chi connectivity index (χ4n) is 4.57. The van der Waals surface area contributed by atoms with E-state index in [0.29, 0.717) is 39.5 Å². The molecule has 5 aromatic rings. The molecule has 0 aliphatic rings. The molecule has 15 heteroatoms. The third kappa shape index (κ3) is 6.37. The van der Waals surface area contributed by atoms with E-state index in [9.17, 15) is 38.9 Å². The number of benzene rings is 3. The Hall–Kier alpha value is -4.51. The van der Waals surface area contributed by atoms with Gasteiger partial charge in [-0.3, -0.25) is 13.7 Å². The van der Waals surface area contributed by atoms with Crippen molar-refractivity contribution in [2.75, 3.05) is 7.11 Å². The first kappa shape index (κ1) is 30.9. The lowest BCUT2D eigenvalue weighted by Crippen LogP contribution is -2.37. The Morgan fingerprint density at radius 1 is 0.591 bits per heavy atom. The van der Waals surface area contributed by atoms with Crippen molar-refractivity contribution in [2.24, 2.45) is 0 Å². The minimum Gasteiger partial charge on any atom is -0.495 e. The Kier molecular flexibility index (Phi) is 8.11. The van der Waals surface area contributed by atoms with E-state index >= 15 is 0 Å². The third-order valence-corrected chi connectivity index (χ3v) is 9.23. The van der Waals surface area contributed by atoms with Crippen LogP contribution in [0.4, 0.5) is 0 Å². The smallest absolute Gasteiger partial charge is 0.328 e. The highest BCUT2D eigenvalue weighted by molar-refractivity contribution is 7.86. The number of ether oxygens (including phenoxy) is 1. The Balaban J connectivity index is 1.87. The highest BCUT2D eigenvalue weighted by Crippen LogP contribution is 2.34. The molecular formula is C29H23N2O10S3+. The topological polar surface area (TPSA) is 189 Å². The van der Waals surface area contributed by atoms with Gasteiger partial charge in [-0.15, -0.1) is 0 Å². The van der Waals surface area contributed by atoms with E-state index in [1.807, 2.05) is 0 Å². The van der Waals surface area contributed by atoms with E-state index in [0.717, 1.165) is 0 Å². The molecule has 3 N–H and O–H groups in total. The van der Waals surface area contributed by atoms with Crippen LogP contribution in [-0.4, -0.2) is 51.0 Å². The zero-order valence-corrected chi connectivity index (χ0v) is 25.1. The van der Waals surface area contributed by atoms with Crippen molar-refractivity contribution in [2.45, 2.75) is 14.7 Å². The Morgan fingerprint density at radius 3 is 1.50 bits per heavy atom. The van der Waals surface area contributed by atoms with Gasteiger partial charge in [-0.25, -0.2) is 0 Å². The molecule has 0 unspecified atom stereocenters. The van der Waals surface area contributed by atoms with Gasteiger partial charge in [-0.05, 0) is 95.0 Å². The molecule has 2 heterocycles. The van der Waals surface area contributed by atoms with Crippen LogP contribution in [0.25, 0.3) is 39.5 Å². The molecule has 0 aliphatic heterocycles. The summed E-state index contributed by atoms with van der Waals surface area (Å²) in [6.07, 6.45) is 1.55. The van der Waals surface area contributed by atoms with Crippen LogP contribution >= 0.6 is 0 Å². The SMILES string of the molecule is COc1ccc(-c2cc(-c3ccc(S(=O)(=O)O)cc3)[n+](-c3ccccn3)c(-c3ccc(S(=O)(=O)O)cc3)c2)cc1S(=O)(=O)O. The van der Waals surface area contributed by atoms with Crippen molar-refractivity contribution in [3.05, 3.63) is 103 Å². The normalized spacial score (nSPS) is 12.2. The molecule has 0 spiro atoms. The summed E-state index contributed by atoms with van der Waals surface area (Å²) in [5.41, 5.74) is 2.57. The molecule has 2 aromatic heterocycles. The van der Waals surface area contributed by atoms with Crippen molar-refractivity contribution in [3.63, 3.8) is 0 Å². The molecule has 44 heavy (non-hydrogen) atoms. The molecule has 12 nitrogen and oxygen atoms in total.